The number of hydrogen-bond acceptors (Lipinski definition) is 3. The lowest BCUT2D eigenvalue weighted by Crippen LogP contribution is -2.33. The van der Waals surface area contributed by atoms with E-state index >= 15 is 0 Å². The average molecular weight is 458 g/mol. The molecule has 0 N–H and O–H groups in total. The minimum Gasteiger partial charge on any atom is -0.493 e. The smallest absolute Gasteiger partial charge is 0.227 e. The van der Waals surface area contributed by atoms with E-state index in [1.807, 2.05) is 67.7 Å². The lowest BCUT2D eigenvalue weighted by Gasteiger charge is -2.33. The number of ether oxygens (including phenoxy) is 2. The zero-order valence-electron chi connectivity index (χ0n) is 18.5. The van der Waals surface area contributed by atoms with Gasteiger partial charge in [0.2, 0.25) is 5.91 Å². The van der Waals surface area contributed by atoms with Gasteiger partial charge in [-0.05, 0) is 46.2 Å². The molecular formula is C28H24ClNO3. The minimum absolute atomic E-state index is 0.0682. The van der Waals surface area contributed by atoms with Crippen LogP contribution in [0.3, 0.4) is 0 Å². The van der Waals surface area contributed by atoms with Crippen molar-refractivity contribution in [1.29, 1.82) is 0 Å². The van der Waals surface area contributed by atoms with E-state index in [0.717, 1.165) is 27.6 Å². The van der Waals surface area contributed by atoms with E-state index in [4.69, 9.17) is 21.1 Å². The fourth-order valence-electron chi connectivity index (χ4n) is 4.57. The molecule has 5 rings (SSSR count). The Bertz CT molecular complexity index is 1350. The first-order valence-electron chi connectivity index (χ1n) is 10.9. The molecule has 33 heavy (non-hydrogen) atoms. The summed E-state index contributed by atoms with van der Waals surface area (Å²) in [6, 6.07) is 26.0. The van der Waals surface area contributed by atoms with Crippen molar-refractivity contribution in [2.24, 2.45) is 0 Å². The third-order valence-electron chi connectivity index (χ3n) is 6.34. The number of halogens is 1. The maximum Gasteiger partial charge on any atom is 0.227 e. The van der Waals surface area contributed by atoms with Crippen LogP contribution < -0.4 is 14.4 Å². The van der Waals surface area contributed by atoms with Gasteiger partial charge < -0.3 is 14.4 Å². The zero-order chi connectivity index (χ0) is 22.9. The lowest BCUT2D eigenvalue weighted by molar-refractivity contribution is -0.118. The molecule has 1 atom stereocenters. The summed E-state index contributed by atoms with van der Waals surface area (Å²) in [4.78, 5) is 14.6. The number of anilines is 1. The molecule has 0 saturated heterocycles. The standard InChI is InChI=1S/C28H24ClNO3/c1-30-24-13-11-18-7-3-5-9-21(18)28(24)22(16-27(30)31)19-12-14-25(26(15-19)32-2)33-17-20-8-4-6-10-23(20)29/h3-15,22H,16-17H2,1-2H3. The van der Waals surface area contributed by atoms with Crippen molar-refractivity contribution in [2.45, 2.75) is 18.9 Å². The first-order valence-corrected chi connectivity index (χ1v) is 11.3. The van der Waals surface area contributed by atoms with Crippen molar-refractivity contribution in [2.75, 3.05) is 19.1 Å². The monoisotopic (exact) mass is 457 g/mol. The predicted molar refractivity (Wildman–Crippen MR) is 133 cm³/mol. The molecule has 4 aromatic rings. The summed E-state index contributed by atoms with van der Waals surface area (Å²) in [5, 5.41) is 2.99. The molecule has 4 aromatic carbocycles. The van der Waals surface area contributed by atoms with Crippen molar-refractivity contribution in [3.63, 3.8) is 0 Å². The second-order valence-electron chi connectivity index (χ2n) is 8.22. The molecule has 0 spiro atoms. The van der Waals surface area contributed by atoms with E-state index < -0.39 is 0 Å². The van der Waals surface area contributed by atoms with Crippen LogP contribution in [0.1, 0.15) is 29.0 Å². The van der Waals surface area contributed by atoms with Crippen LogP contribution in [-0.2, 0) is 11.4 Å². The molecule has 0 radical (unpaired) electrons. The zero-order valence-corrected chi connectivity index (χ0v) is 19.3. The highest BCUT2D eigenvalue weighted by atomic mass is 35.5. The van der Waals surface area contributed by atoms with Crippen molar-refractivity contribution >= 4 is 34.0 Å². The Kier molecular flexibility index (Phi) is 5.69. The van der Waals surface area contributed by atoms with E-state index in [-0.39, 0.29) is 11.8 Å². The molecule has 166 valence electrons. The normalized spacial score (nSPS) is 15.4. The van der Waals surface area contributed by atoms with Gasteiger partial charge in [0.05, 0.1) is 7.11 Å². The van der Waals surface area contributed by atoms with Gasteiger partial charge in [-0.15, -0.1) is 0 Å². The molecule has 1 heterocycles. The quantitative estimate of drug-likeness (QED) is 0.340. The fourth-order valence-corrected chi connectivity index (χ4v) is 4.76. The molecule has 0 aliphatic carbocycles. The first kappa shape index (κ1) is 21.4. The van der Waals surface area contributed by atoms with E-state index in [0.29, 0.717) is 29.5 Å². The molecular weight excluding hydrogens is 434 g/mol. The van der Waals surface area contributed by atoms with Crippen LogP contribution in [0.25, 0.3) is 10.8 Å². The van der Waals surface area contributed by atoms with E-state index in [1.165, 1.54) is 5.56 Å². The van der Waals surface area contributed by atoms with Crippen molar-refractivity contribution < 1.29 is 14.3 Å². The molecule has 5 heteroatoms. The highest BCUT2D eigenvalue weighted by molar-refractivity contribution is 6.31. The molecule has 0 saturated carbocycles. The van der Waals surface area contributed by atoms with E-state index in [9.17, 15) is 4.79 Å². The van der Waals surface area contributed by atoms with Crippen LogP contribution in [0.4, 0.5) is 5.69 Å². The number of amides is 1. The maximum atomic E-state index is 12.8. The summed E-state index contributed by atoms with van der Waals surface area (Å²) in [7, 11) is 3.48. The minimum atomic E-state index is -0.0682. The summed E-state index contributed by atoms with van der Waals surface area (Å²) < 4.78 is 11.7. The SMILES string of the molecule is COc1cc(C2CC(=O)N(C)c3ccc4ccccc4c32)ccc1OCc1ccccc1Cl. The van der Waals surface area contributed by atoms with E-state index in [1.54, 1.807) is 12.0 Å². The summed E-state index contributed by atoms with van der Waals surface area (Å²) in [6.45, 7) is 0.343. The Morgan fingerprint density at radius 1 is 0.970 bits per heavy atom. The van der Waals surface area contributed by atoms with Crippen LogP contribution in [0.15, 0.2) is 78.9 Å². The lowest BCUT2D eigenvalue weighted by atomic mass is 9.81. The molecule has 0 bridgehead atoms. The Labute approximate surface area is 198 Å². The van der Waals surface area contributed by atoms with Crippen molar-refractivity contribution in [3.05, 3.63) is 101 Å². The van der Waals surface area contributed by atoms with Crippen molar-refractivity contribution in [3.8, 4) is 11.5 Å². The average Bonchev–Trinajstić information content (AvgIpc) is 2.85. The summed E-state index contributed by atoms with van der Waals surface area (Å²) in [6.07, 6.45) is 0.403. The molecule has 4 nitrogen and oxygen atoms in total. The van der Waals surface area contributed by atoms with Gasteiger partial charge in [0.15, 0.2) is 11.5 Å². The van der Waals surface area contributed by atoms with Gasteiger partial charge in [0.1, 0.15) is 6.61 Å². The number of methoxy groups -OCH3 is 1. The molecule has 1 aliphatic heterocycles. The van der Waals surface area contributed by atoms with Gasteiger partial charge in [-0.2, -0.15) is 0 Å². The van der Waals surface area contributed by atoms with Crippen LogP contribution in [0.5, 0.6) is 11.5 Å². The second kappa shape index (κ2) is 8.80. The topological polar surface area (TPSA) is 38.8 Å². The Morgan fingerprint density at radius 3 is 2.58 bits per heavy atom. The Morgan fingerprint density at radius 2 is 1.76 bits per heavy atom. The predicted octanol–water partition coefficient (Wildman–Crippen LogP) is 6.58. The van der Waals surface area contributed by atoms with Gasteiger partial charge in [0.25, 0.3) is 0 Å². The summed E-state index contributed by atoms with van der Waals surface area (Å²) >= 11 is 6.26. The van der Waals surface area contributed by atoms with Gasteiger partial charge in [-0.25, -0.2) is 0 Å². The van der Waals surface area contributed by atoms with Crippen molar-refractivity contribution in [1.82, 2.24) is 0 Å². The van der Waals surface area contributed by atoms with Crippen LogP contribution >= 0.6 is 11.6 Å². The highest BCUT2D eigenvalue weighted by Crippen LogP contribution is 2.45. The van der Waals surface area contributed by atoms with Crippen LogP contribution in [-0.4, -0.2) is 20.1 Å². The van der Waals surface area contributed by atoms with Gasteiger partial charge >= 0.3 is 0 Å². The molecule has 1 unspecified atom stereocenters. The largest absolute Gasteiger partial charge is 0.493 e. The van der Waals surface area contributed by atoms with E-state index in [2.05, 4.69) is 18.2 Å². The third-order valence-corrected chi connectivity index (χ3v) is 6.71. The Hall–Kier alpha value is -3.50. The number of benzene rings is 4. The van der Waals surface area contributed by atoms with Crippen LogP contribution in [0, 0.1) is 0 Å². The molecule has 0 aromatic heterocycles. The third kappa shape index (κ3) is 3.91. The molecule has 1 aliphatic rings. The highest BCUT2D eigenvalue weighted by Gasteiger charge is 2.32. The summed E-state index contributed by atoms with van der Waals surface area (Å²) in [5.41, 5.74) is 4.05. The second-order valence-corrected chi connectivity index (χ2v) is 8.63. The number of fused-ring (bicyclic) bond motifs is 3. The molecule has 0 fully saturated rings. The van der Waals surface area contributed by atoms with Gasteiger partial charge in [0, 0.05) is 35.7 Å². The van der Waals surface area contributed by atoms with Crippen LogP contribution in [0.2, 0.25) is 5.02 Å². The van der Waals surface area contributed by atoms with Gasteiger partial charge in [-0.1, -0.05) is 66.2 Å². The number of nitrogens with zero attached hydrogens (tertiary/aromatic N) is 1. The first-order chi connectivity index (χ1) is 16.1. The number of carbonyl (C=O) groups excluding carboxylic acids is 1. The number of carbonyl (C=O) groups is 1. The number of rotatable bonds is 5. The fraction of sp³-hybridized carbons (Fsp3) is 0.179. The summed E-state index contributed by atoms with van der Waals surface area (Å²) in [5.74, 6) is 1.30. The Balaban J connectivity index is 1.53. The van der Waals surface area contributed by atoms with Gasteiger partial charge in [-0.3, -0.25) is 4.79 Å². The maximum absolute atomic E-state index is 12.8. The molecule has 1 amide bonds. The number of hydrogen-bond donors (Lipinski definition) is 0.